The molecule has 1 aromatic heterocycles. The number of benzene rings is 1. The third-order valence-corrected chi connectivity index (χ3v) is 3.55. The number of carboxylic acids is 1. The molecular formula is C15H15ClFNO2. The van der Waals surface area contributed by atoms with Crippen molar-refractivity contribution in [2.45, 2.75) is 26.3 Å². The van der Waals surface area contributed by atoms with Crippen molar-refractivity contribution >= 4 is 17.6 Å². The average molecular weight is 296 g/mol. The predicted molar refractivity (Wildman–Crippen MR) is 76.0 cm³/mol. The van der Waals surface area contributed by atoms with Crippen LogP contribution in [0.15, 0.2) is 30.5 Å². The molecule has 0 fully saturated rings. The second kappa shape index (κ2) is 5.67. The molecule has 1 N–H and O–H groups in total. The minimum Gasteiger partial charge on any atom is -0.477 e. The van der Waals surface area contributed by atoms with Crippen LogP contribution in [0.5, 0.6) is 0 Å². The van der Waals surface area contributed by atoms with Crippen LogP contribution in [0.4, 0.5) is 4.39 Å². The molecule has 5 heteroatoms. The largest absolute Gasteiger partial charge is 0.477 e. The van der Waals surface area contributed by atoms with Crippen LogP contribution in [0.2, 0.25) is 5.02 Å². The van der Waals surface area contributed by atoms with Crippen LogP contribution in [0.25, 0.3) is 0 Å². The fourth-order valence-electron chi connectivity index (χ4n) is 2.01. The van der Waals surface area contributed by atoms with Gasteiger partial charge < -0.3 is 9.67 Å². The summed E-state index contributed by atoms with van der Waals surface area (Å²) in [4.78, 5) is 11.3. The van der Waals surface area contributed by atoms with Crippen LogP contribution in [0, 0.1) is 5.82 Å². The summed E-state index contributed by atoms with van der Waals surface area (Å²) in [5.74, 6) is -1.27. The Kier molecular flexibility index (Phi) is 4.14. The molecule has 0 aliphatic rings. The van der Waals surface area contributed by atoms with Crippen LogP contribution < -0.4 is 0 Å². The number of hydrogen-bond acceptors (Lipinski definition) is 1. The van der Waals surface area contributed by atoms with Crippen molar-refractivity contribution in [3.63, 3.8) is 0 Å². The fraction of sp³-hybridized carbons (Fsp3) is 0.267. The van der Waals surface area contributed by atoms with Gasteiger partial charge >= 0.3 is 5.97 Å². The van der Waals surface area contributed by atoms with Gasteiger partial charge in [-0.1, -0.05) is 31.5 Å². The smallest absolute Gasteiger partial charge is 0.352 e. The number of nitrogens with zero attached hydrogens (tertiary/aromatic N) is 1. The number of hydrogen-bond donors (Lipinski definition) is 1. The molecule has 0 spiro atoms. The van der Waals surface area contributed by atoms with Gasteiger partial charge in [-0.05, 0) is 29.7 Å². The van der Waals surface area contributed by atoms with Gasteiger partial charge in [0, 0.05) is 16.8 Å². The van der Waals surface area contributed by atoms with Gasteiger partial charge in [0.1, 0.15) is 11.5 Å². The first-order valence-electron chi connectivity index (χ1n) is 6.26. The van der Waals surface area contributed by atoms with E-state index in [4.69, 9.17) is 11.6 Å². The molecule has 3 nitrogen and oxygen atoms in total. The molecule has 0 radical (unpaired) electrons. The van der Waals surface area contributed by atoms with Gasteiger partial charge in [0.05, 0.1) is 6.54 Å². The lowest BCUT2D eigenvalue weighted by Gasteiger charge is -2.09. The second-order valence-corrected chi connectivity index (χ2v) is 5.35. The Bertz CT molecular complexity index is 629. The van der Waals surface area contributed by atoms with Gasteiger partial charge in [0.2, 0.25) is 0 Å². The Morgan fingerprint density at radius 1 is 1.45 bits per heavy atom. The molecule has 0 saturated heterocycles. The molecule has 20 heavy (non-hydrogen) atoms. The molecule has 0 atom stereocenters. The van der Waals surface area contributed by atoms with E-state index in [1.54, 1.807) is 18.3 Å². The van der Waals surface area contributed by atoms with Crippen LogP contribution in [0.3, 0.4) is 0 Å². The Morgan fingerprint density at radius 2 is 2.15 bits per heavy atom. The monoisotopic (exact) mass is 295 g/mol. The first-order valence-corrected chi connectivity index (χ1v) is 6.64. The number of aromatic nitrogens is 1. The molecule has 0 bridgehead atoms. The second-order valence-electron chi connectivity index (χ2n) is 4.95. The van der Waals surface area contributed by atoms with E-state index in [0.717, 1.165) is 5.56 Å². The lowest BCUT2D eigenvalue weighted by atomic mass is 10.1. The maximum atomic E-state index is 13.8. The van der Waals surface area contributed by atoms with Crippen LogP contribution >= 0.6 is 11.6 Å². The van der Waals surface area contributed by atoms with Crippen LogP contribution in [-0.4, -0.2) is 15.6 Å². The predicted octanol–water partition coefficient (Wildman–Crippen LogP) is 4.15. The van der Waals surface area contributed by atoms with Crippen LogP contribution in [-0.2, 0) is 6.54 Å². The molecule has 0 aliphatic heterocycles. The maximum absolute atomic E-state index is 13.8. The van der Waals surface area contributed by atoms with Crippen molar-refractivity contribution in [1.82, 2.24) is 4.57 Å². The molecule has 0 aliphatic carbocycles. The van der Waals surface area contributed by atoms with E-state index in [1.807, 2.05) is 13.8 Å². The van der Waals surface area contributed by atoms with Crippen molar-refractivity contribution in [2.75, 3.05) is 0 Å². The van der Waals surface area contributed by atoms with Crippen molar-refractivity contribution in [3.8, 4) is 0 Å². The van der Waals surface area contributed by atoms with Crippen LogP contribution in [0.1, 0.15) is 41.4 Å². The third-order valence-electron chi connectivity index (χ3n) is 3.19. The van der Waals surface area contributed by atoms with Gasteiger partial charge in [-0.25, -0.2) is 9.18 Å². The molecule has 0 amide bonds. The first kappa shape index (κ1) is 14.6. The standard InChI is InChI=1S/C15H15ClFNO2/c1-9(2)10-6-14(15(19)20)18(7-10)8-11-12(16)4-3-5-13(11)17/h3-7,9H,8H2,1-2H3,(H,19,20). The lowest BCUT2D eigenvalue weighted by Crippen LogP contribution is -2.09. The van der Waals surface area contributed by atoms with Gasteiger partial charge in [0.25, 0.3) is 0 Å². The quantitative estimate of drug-likeness (QED) is 0.920. The molecule has 0 saturated carbocycles. The van der Waals surface area contributed by atoms with E-state index in [2.05, 4.69) is 0 Å². The number of aromatic carboxylic acids is 1. The lowest BCUT2D eigenvalue weighted by molar-refractivity contribution is 0.0685. The summed E-state index contributed by atoms with van der Waals surface area (Å²) >= 11 is 5.98. The van der Waals surface area contributed by atoms with Gasteiger partial charge in [-0.15, -0.1) is 0 Å². The highest BCUT2D eigenvalue weighted by Crippen LogP contribution is 2.23. The van der Waals surface area contributed by atoms with E-state index in [1.165, 1.54) is 16.7 Å². The Labute approximate surface area is 121 Å². The topological polar surface area (TPSA) is 42.2 Å². The minimum absolute atomic E-state index is 0.0971. The highest BCUT2D eigenvalue weighted by Gasteiger charge is 2.16. The summed E-state index contributed by atoms with van der Waals surface area (Å²) in [6, 6.07) is 6.04. The molecule has 2 rings (SSSR count). The highest BCUT2D eigenvalue weighted by molar-refractivity contribution is 6.31. The van der Waals surface area contributed by atoms with Crippen molar-refractivity contribution in [1.29, 1.82) is 0 Å². The zero-order valence-electron chi connectivity index (χ0n) is 11.2. The Hall–Kier alpha value is -1.81. The Balaban J connectivity index is 2.45. The fourth-order valence-corrected chi connectivity index (χ4v) is 2.24. The summed E-state index contributed by atoms with van der Waals surface area (Å²) in [6.45, 7) is 4.04. The summed E-state index contributed by atoms with van der Waals surface area (Å²) in [5, 5.41) is 9.52. The normalized spacial score (nSPS) is 11.1. The van der Waals surface area contributed by atoms with E-state index >= 15 is 0 Å². The van der Waals surface area contributed by atoms with Crippen molar-refractivity contribution < 1.29 is 14.3 Å². The van der Waals surface area contributed by atoms with Gasteiger partial charge in [-0.3, -0.25) is 0 Å². The first-order chi connectivity index (χ1) is 9.40. The molecule has 1 heterocycles. The van der Waals surface area contributed by atoms with Crippen molar-refractivity contribution in [3.05, 3.63) is 58.1 Å². The van der Waals surface area contributed by atoms with Crippen molar-refractivity contribution in [2.24, 2.45) is 0 Å². The summed E-state index contributed by atoms with van der Waals surface area (Å²) in [5.41, 5.74) is 1.32. The van der Waals surface area contributed by atoms with E-state index in [0.29, 0.717) is 10.6 Å². The number of carbonyl (C=O) groups is 1. The third kappa shape index (κ3) is 2.85. The van der Waals surface area contributed by atoms with E-state index in [9.17, 15) is 14.3 Å². The Morgan fingerprint density at radius 3 is 2.70 bits per heavy atom. The zero-order valence-corrected chi connectivity index (χ0v) is 12.0. The molecule has 0 unspecified atom stereocenters. The average Bonchev–Trinajstić information content (AvgIpc) is 2.78. The molecule has 2 aromatic rings. The summed E-state index contributed by atoms with van der Waals surface area (Å²) in [7, 11) is 0. The summed E-state index contributed by atoms with van der Waals surface area (Å²) < 4.78 is 15.3. The minimum atomic E-state index is -1.04. The van der Waals surface area contributed by atoms with E-state index < -0.39 is 11.8 Å². The molecule has 106 valence electrons. The zero-order chi connectivity index (χ0) is 14.9. The van der Waals surface area contributed by atoms with E-state index in [-0.39, 0.29) is 18.2 Å². The molecule has 1 aromatic carbocycles. The van der Waals surface area contributed by atoms with Gasteiger partial charge in [-0.2, -0.15) is 0 Å². The molecular weight excluding hydrogens is 281 g/mol. The number of halogens is 2. The summed E-state index contributed by atoms with van der Waals surface area (Å²) in [6.07, 6.45) is 1.73. The number of rotatable bonds is 4. The SMILES string of the molecule is CC(C)c1cc(C(=O)O)n(Cc2c(F)cccc2Cl)c1. The highest BCUT2D eigenvalue weighted by atomic mass is 35.5. The maximum Gasteiger partial charge on any atom is 0.352 e. The number of carboxylic acid groups (broad SMARTS) is 1. The van der Waals surface area contributed by atoms with Gasteiger partial charge in [0.15, 0.2) is 0 Å².